The number of hydrogen-bond acceptors (Lipinski definition) is 6. The zero-order valence-electron chi connectivity index (χ0n) is 15.7. The summed E-state index contributed by atoms with van der Waals surface area (Å²) in [6.45, 7) is 5.28. The molecule has 0 bridgehead atoms. The fourth-order valence-electron chi connectivity index (χ4n) is 3.89. The zero-order valence-corrected chi connectivity index (χ0v) is 16.5. The van der Waals surface area contributed by atoms with Crippen molar-refractivity contribution in [1.29, 1.82) is 0 Å². The smallest absolute Gasteiger partial charge is 0.327 e. The first-order valence-electron chi connectivity index (χ1n) is 9.38. The number of carbonyl (C=O) groups is 2. The van der Waals surface area contributed by atoms with E-state index in [1.165, 1.54) is 7.11 Å². The third-order valence-electron chi connectivity index (χ3n) is 5.62. The van der Waals surface area contributed by atoms with Gasteiger partial charge in [0.2, 0.25) is 5.91 Å². The molecule has 0 unspecified atom stereocenters. The number of piperidine rings is 1. The van der Waals surface area contributed by atoms with Gasteiger partial charge in [0.05, 0.1) is 7.11 Å². The Kier molecular flexibility index (Phi) is 6.67. The third-order valence-corrected chi connectivity index (χ3v) is 6.32. The highest BCUT2D eigenvalue weighted by molar-refractivity contribution is 7.08. The second-order valence-corrected chi connectivity index (χ2v) is 8.13. The number of ether oxygens (including phenoxy) is 1. The van der Waals surface area contributed by atoms with Crippen LogP contribution < -0.4 is 0 Å². The van der Waals surface area contributed by atoms with Gasteiger partial charge in [0.25, 0.3) is 0 Å². The van der Waals surface area contributed by atoms with Crippen molar-refractivity contribution in [3.8, 4) is 0 Å². The van der Waals surface area contributed by atoms with Gasteiger partial charge in [0, 0.05) is 32.6 Å². The second-order valence-electron chi connectivity index (χ2n) is 7.35. The SMILES string of the molecule is COC(=O)[C@H](c1ccsc1)N1CCC(CC(=O)N2CCN(C)CC2)CC1. The maximum absolute atomic E-state index is 12.6. The number of nitrogens with zero attached hydrogens (tertiary/aromatic N) is 3. The summed E-state index contributed by atoms with van der Waals surface area (Å²) in [5.74, 6) is 0.508. The van der Waals surface area contributed by atoms with Crippen LogP contribution in [0.1, 0.15) is 30.9 Å². The molecule has 1 amide bonds. The van der Waals surface area contributed by atoms with Gasteiger partial charge in [0.15, 0.2) is 0 Å². The van der Waals surface area contributed by atoms with Crippen LogP contribution in [0.4, 0.5) is 0 Å². The van der Waals surface area contributed by atoms with E-state index in [2.05, 4.69) is 16.8 Å². The molecular formula is C19H29N3O3S. The molecule has 26 heavy (non-hydrogen) atoms. The minimum Gasteiger partial charge on any atom is -0.468 e. The van der Waals surface area contributed by atoms with Crippen molar-refractivity contribution in [3.63, 3.8) is 0 Å². The second kappa shape index (κ2) is 8.97. The van der Waals surface area contributed by atoms with Crippen molar-refractivity contribution in [3.05, 3.63) is 22.4 Å². The van der Waals surface area contributed by atoms with Gasteiger partial charge in [-0.1, -0.05) is 0 Å². The molecule has 2 aliphatic heterocycles. The number of amides is 1. The van der Waals surface area contributed by atoms with E-state index in [0.717, 1.165) is 57.7 Å². The van der Waals surface area contributed by atoms with Crippen LogP contribution in [0.2, 0.25) is 0 Å². The third kappa shape index (κ3) is 4.64. The summed E-state index contributed by atoms with van der Waals surface area (Å²) in [4.78, 5) is 31.3. The quantitative estimate of drug-likeness (QED) is 0.731. The minimum absolute atomic E-state index is 0.199. The first-order valence-corrected chi connectivity index (χ1v) is 10.3. The number of rotatable bonds is 5. The van der Waals surface area contributed by atoms with E-state index < -0.39 is 0 Å². The lowest BCUT2D eigenvalue weighted by Gasteiger charge is -2.37. The Balaban J connectivity index is 1.51. The molecule has 7 heteroatoms. The Hall–Kier alpha value is -1.44. The molecule has 2 fully saturated rings. The minimum atomic E-state index is -0.319. The van der Waals surface area contributed by atoms with E-state index in [1.54, 1.807) is 11.3 Å². The van der Waals surface area contributed by atoms with Crippen molar-refractivity contribution in [2.75, 3.05) is 53.4 Å². The Morgan fingerprint density at radius 3 is 2.46 bits per heavy atom. The van der Waals surface area contributed by atoms with Crippen molar-refractivity contribution in [2.24, 2.45) is 5.92 Å². The van der Waals surface area contributed by atoms with E-state index in [1.807, 2.05) is 21.7 Å². The molecule has 0 spiro atoms. The molecule has 3 heterocycles. The Morgan fingerprint density at radius 1 is 1.19 bits per heavy atom. The molecular weight excluding hydrogens is 350 g/mol. The lowest BCUT2D eigenvalue weighted by Crippen LogP contribution is -2.48. The van der Waals surface area contributed by atoms with Gasteiger partial charge in [-0.3, -0.25) is 9.69 Å². The largest absolute Gasteiger partial charge is 0.468 e. The molecule has 0 aliphatic carbocycles. The normalized spacial score (nSPS) is 21.5. The van der Waals surface area contributed by atoms with Crippen LogP contribution in [-0.4, -0.2) is 80.0 Å². The average molecular weight is 380 g/mol. The van der Waals surface area contributed by atoms with Gasteiger partial charge in [-0.05, 0) is 61.3 Å². The van der Waals surface area contributed by atoms with Gasteiger partial charge >= 0.3 is 5.97 Å². The van der Waals surface area contributed by atoms with Crippen LogP contribution in [0.25, 0.3) is 0 Å². The van der Waals surface area contributed by atoms with E-state index in [-0.39, 0.29) is 12.0 Å². The Morgan fingerprint density at radius 2 is 1.88 bits per heavy atom. The fraction of sp³-hybridized carbons (Fsp3) is 0.684. The molecule has 0 aromatic carbocycles. The maximum atomic E-state index is 12.6. The van der Waals surface area contributed by atoms with Crippen LogP contribution in [-0.2, 0) is 14.3 Å². The first-order chi connectivity index (χ1) is 12.6. The highest BCUT2D eigenvalue weighted by Crippen LogP contribution is 2.30. The van der Waals surface area contributed by atoms with Crippen molar-refractivity contribution in [1.82, 2.24) is 14.7 Å². The molecule has 0 radical (unpaired) electrons. The lowest BCUT2D eigenvalue weighted by atomic mass is 9.91. The summed E-state index contributed by atoms with van der Waals surface area (Å²) < 4.78 is 5.03. The number of likely N-dealkylation sites (tertiary alicyclic amines) is 1. The number of esters is 1. The van der Waals surface area contributed by atoms with E-state index in [4.69, 9.17) is 4.74 Å². The van der Waals surface area contributed by atoms with Gasteiger partial charge in [-0.25, -0.2) is 4.79 Å². The molecule has 3 rings (SSSR count). The van der Waals surface area contributed by atoms with Crippen molar-refractivity contribution < 1.29 is 14.3 Å². The van der Waals surface area contributed by atoms with Gasteiger partial charge in [-0.15, -0.1) is 0 Å². The number of hydrogen-bond donors (Lipinski definition) is 0. The van der Waals surface area contributed by atoms with Crippen molar-refractivity contribution >= 4 is 23.2 Å². The molecule has 6 nitrogen and oxygen atoms in total. The maximum Gasteiger partial charge on any atom is 0.327 e. The molecule has 1 aromatic heterocycles. The molecule has 0 saturated carbocycles. The van der Waals surface area contributed by atoms with Crippen LogP contribution >= 0.6 is 11.3 Å². The zero-order chi connectivity index (χ0) is 18.5. The number of methoxy groups -OCH3 is 1. The van der Waals surface area contributed by atoms with E-state index in [0.29, 0.717) is 18.2 Å². The van der Waals surface area contributed by atoms with Crippen LogP contribution in [0.15, 0.2) is 16.8 Å². The van der Waals surface area contributed by atoms with Gasteiger partial charge < -0.3 is 14.5 Å². The number of carbonyl (C=O) groups excluding carboxylic acids is 2. The first kappa shape index (κ1) is 19.3. The summed E-state index contributed by atoms with van der Waals surface area (Å²) in [5.41, 5.74) is 1.01. The highest BCUT2D eigenvalue weighted by atomic mass is 32.1. The number of piperazine rings is 1. The number of thiophene rings is 1. The molecule has 144 valence electrons. The van der Waals surface area contributed by atoms with Crippen LogP contribution in [0, 0.1) is 5.92 Å². The fourth-order valence-corrected chi connectivity index (χ4v) is 4.56. The molecule has 1 atom stereocenters. The summed E-state index contributed by atoms with van der Waals surface area (Å²) in [6.07, 6.45) is 2.55. The van der Waals surface area contributed by atoms with E-state index in [9.17, 15) is 9.59 Å². The molecule has 1 aromatic rings. The monoisotopic (exact) mass is 379 g/mol. The highest BCUT2D eigenvalue weighted by Gasteiger charge is 2.33. The Bertz CT molecular complexity index is 591. The number of likely N-dealkylation sites (N-methyl/N-ethyl adjacent to an activating group) is 1. The van der Waals surface area contributed by atoms with E-state index >= 15 is 0 Å². The van der Waals surface area contributed by atoms with Gasteiger partial charge in [0.1, 0.15) is 6.04 Å². The summed E-state index contributed by atoms with van der Waals surface area (Å²) in [7, 11) is 3.55. The average Bonchev–Trinajstić information content (AvgIpc) is 3.18. The van der Waals surface area contributed by atoms with Crippen LogP contribution in [0.3, 0.4) is 0 Å². The topological polar surface area (TPSA) is 53.1 Å². The summed E-state index contributed by atoms with van der Waals surface area (Å²) in [6, 6.07) is 1.68. The predicted octanol–water partition coefficient (Wildman–Crippen LogP) is 1.84. The predicted molar refractivity (Wildman–Crippen MR) is 102 cm³/mol. The van der Waals surface area contributed by atoms with Crippen LogP contribution in [0.5, 0.6) is 0 Å². The lowest BCUT2D eigenvalue weighted by molar-refractivity contribution is -0.148. The van der Waals surface area contributed by atoms with Gasteiger partial charge in [-0.2, -0.15) is 11.3 Å². The van der Waals surface area contributed by atoms with Crippen molar-refractivity contribution in [2.45, 2.75) is 25.3 Å². The Labute approximate surface area is 159 Å². The molecule has 2 aliphatic rings. The standard InChI is InChI=1S/C19H29N3O3S/c1-20-8-10-21(11-9-20)17(23)13-15-3-6-22(7-4-15)18(19(24)25-2)16-5-12-26-14-16/h5,12,14-15,18H,3-4,6-11,13H2,1-2H3/t18-/m0/s1. The molecule has 2 saturated heterocycles. The summed E-state index contributed by atoms with van der Waals surface area (Å²) in [5, 5.41) is 4.01. The summed E-state index contributed by atoms with van der Waals surface area (Å²) >= 11 is 1.60. The molecule has 0 N–H and O–H groups in total.